The number of amides is 1. The van der Waals surface area contributed by atoms with E-state index in [1.165, 1.54) is 17.7 Å². The Bertz CT molecular complexity index is 274. The zero-order valence-electron chi connectivity index (χ0n) is 10.2. The molecule has 0 aliphatic carbocycles. The van der Waals surface area contributed by atoms with Crippen LogP contribution in [-0.2, 0) is 4.74 Å². The normalized spacial score (nSPS) is 15.4. The van der Waals surface area contributed by atoms with Gasteiger partial charge in [-0.2, -0.15) is 0 Å². The van der Waals surface area contributed by atoms with Crippen LogP contribution in [0.15, 0.2) is 0 Å². The smallest absolute Gasteiger partial charge is 0.410 e. The van der Waals surface area contributed by atoms with Gasteiger partial charge in [0.05, 0.1) is 19.7 Å². The second-order valence-electron chi connectivity index (χ2n) is 3.89. The topological polar surface area (TPSA) is 32.8 Å². The third kappa shape index (κ3) is 4.54. The number of hydrogen-bond donors (Lipinski definition) is 0. The molecule has 0 aromatic heterocycles. The Morgan fingerprint density at radius 2 is 2.06 bits per heavy atom. The zero-order chi connectivity index (χ0) is 11.8. The van der Waals surface area contributed by atoms with Gasteiger partial charge < -0.3 is 9.64 Å². The summed E-state index contributed by atoms with van der Waals surface area (Å²) in [6.07, 6.45) is 2.26. The highest BCUT2D eigenvalue weighted by Gasteiger charge is 2.09. The third-order valence-corrected chi connectivity index (χ3v) is 2.52. The van der Waals surface area contributed by atoms with Gasteiger partial charge in [0, 0.05) is 7.05 Å². The first-order valence-corrected chi connectivity index (χ1v) is 5.80. The van der Waals surface area contributed by atoms with Gasteiger partial charge in [0.25, 0.3) is 0 Å². The quantitative estimate of drug-likeness (QED) is 0.675. The first-order chi connectivity index (χ1) is 7.74. The minimum Gasteiger partial charge on any atom is -0.450 e. The van der Waals surface area contributed by atoms with Crippen molar-refractivity contribution in [3.63, 3.8) is 0 Å². The minimum atomic E-state index is -0.307. The zero-order valence-corrected chi connectivity index (χ0v) is 10.2. The Balaban J connectivity index is 2.17. The highest BCUT2D eigenvalue weighted by atomic mass is 16.5. The lowest BCUT2D eigenvalue weighted by atomic mass is 10.4. The fourth-order valence-corrected chi connectivity index (χ4v) is 1.58. The molecule has 0 bridgehead atoms. The third-order valence-electron chi connectivity index (χ3n) is 2.52. The molecule has 1 fully saturated rings. The summed E-state index contributed by atoms with van der Waals surface area (Å²) in [7, 11) is 1.70. The minimum absolute atomic E-state index is 0.307. The maximum atomic E-state index is 11.2. The van der Waals surface area contributed by atoms with Crippen molar-refractivity contribution in [3.05, 3.63) is 0 Å². The standard InChI is InChI=1S/C12H20N2O2/c1-3-16-12(15)13(2)8-4-5-9-14-10-6-7-11-14/h3,6-11H2,1-2H3. The summed E-state index contributed by atoms with van der Waals surface area (Å²) < 4.78 is 4.84. The van der Waals surface area contributed by atoms with E-state index in [1.807, 2.05) is 0 Å². The molecule has 0 spiro atoms. The lowest BCUT2D eigenvalue weighted by Crippen LogP contribution is -2.28. The van der Waals surface area contributed by atoms with E-state index < -0.39 is 0 Å². The van der Waals surface area contributed by atoms with Crippen LogP contribution in [0, 0.1) is 11.8 Å². The fraction of sp³-hybridized carbons (Fsp3) is 0.750. The van der Waals surface area contributed by atoms with E-state index in [-0.39, 0.29) is 6.09 Å². The predicted molar refractivity (Wildman–Crippen MR) is 63.1 cm³/mol. The molecule has 1 aliphatic rings. The molecule has 90 valence electrons. The van der Waals surface area contributed by atoms with Crippen LogP contribution in [0.4, 0.5) is 4.79 Å². The van der Waals surface area contributed by atoms with Gasteiger partial charge in [0.15, 0.2) is 0 Å². The molecule has 0 unspecified atom stereocenters. The molecule has 0 atom stereocenters. The number of carbonyl (C=O) groups excluding carboxylic acids is 1. The Labute approximate surface area is 97.5 Å². The van der Waals surface area contributed by atoms with Crippen LogP contribution in [-0.4, -0.2) is 55.7 Å². The summed E-state index contributed by atoms with van der Waals surface area (Å²) in [5.41, 5.74) is 0. The van der Waals surface area contributed by atoms with Crippen LogP contribution in [0.5, 0.6) is 0 Å². The maximum absolute atomic E-state index is 11.2. The van der Waals surface area contributed by atoms with Crippen LogP contribution in [0.25, 0.3) is 0 Å². The van der Waals surface area contributed by atoms with Gasteiger partial charge in [-0.15, -0.1) is 0 Å². The Hall–Kier alpha value is -1.21. The summed E-state index contributed by atoms with van der Waals surface area (Å²) in [5, 5.41) is 0. The number of rotatable bonds is 3. The molecule has 0 saturated carbocycles. The first kappa shape index (κ1) is 12.9. The molecule has 1 saturated heterocycles. The van der Waals surface area contributed by atoms with Crippen LogP contribution in [0.1, 0.15) is 19.8 Å². The van der Waals surface area contributed by atoms with Gasteiger partial charge in [-0.05, 0) is 32.9 Å². The summed E-state index contributed by atoms with van der Waals surface area (Å²) in [6, 6.07) is 0. The van der Waals surface area contributed by atoms with Gasteiger partial charge in [-0.25, -0.2) is 4.79 Å². The van der Waals surface area contributed by atoms with Crippen LogP contribution >= 0.6 is 0 Å². The number of ether oxygens (including phenoxy) is 1. The number of hydrogen-bond acceptors (Lipinski definition) is 3. The van der Waals surface area contributed by atoms with Gasteiger partial charge >= 0.3 is 6.09 Å². The van der Waals surface area contributed by atoms with Crippen molar-refractivity contribution < 1.29 is 9.53 Å². The molecule has 1 rings (SSSR count). The number of carbonyl (C=O) groups is 1. The largest absolute Gasteiger partial charge is 0.450 e. The van der Waals surface area contributed by atoms with Crippen molar-refractivity contribution >= 4 is 6.09 Å². The Morgan fingerprint density at radius 1 is 1.38 bits per heavy atom. The molecule has 1 amide bonds. The fourth-order valence-electron chi connectivity index (χ4n) is 1.58. The van der Waals surface area contributed by atoms with Gasteiger partial charge in [-0.3, -0.25) is 4.90 Å². The highest BCUT2D eigenvalue weighted by molar-refractivity contribution is 5.67. The van der Waals surface area contributed by atoms with Crippen LogP contribution in [0.2, 0.25) is 0 Å². The van der Waals surface area contributed by atoms with E-state index in [4.69, 9.17) is 4.74 Å². The first-order valence-electron chi connectivity index (χ1n) is 5.80. The van der Waals surface area contributed by atoms with E-state index in [0.29, 0.717) is 13.2 Å². The molecule has 0 N–H and O–H groups in total. The van der Waals surface area contributed by atoms with Crippen LogP contribution < -0.4 is 0 Å². The average Bonchev–Trinajstić information content (AvgIpc) is 2.77. The summed E-state index contributed by atoms with van der Waals surface area (Å²) in [5.74, 6) is 6.07. The van der Waals surface area contributed by atoms with Crippen molar-refractivity contribution in [2.45, 2.75) is 19.8 Å². The molecule has 0 radical (unpaired) electrons. The van der Waals surface area contributed by atoms with Crippen molar-refractivity contribution in [3.8, 4) is 11.8 Å². The van der Waals surface area contributed by atoms with Crippen molar-refractivity contribution in [1.29, 1.82) is 0 Å². The maximum Gasteiger partial charge on any atom is 0.410 e. The number of likely N-dealkylation sites (tertiary alicyclic amines) is 1. The van der Waals surface area contributed by atoms with E-state index >= 15 is 0 Å². The molecule has 4 nitrogen and oxygen atoms in total. The van der Waals surface area contributed by atoms with E-state index in [9.17, 15) is 4.79 Å². The molecular formula is C12H20N2O2. The molecule has 1 aliphatic heterocycles. The lowest BCUT2D eigenvalue weighted by Gasteiger charge is -2.13. The number of nitrogens with zero attached hydrogens (tertiary/aromatic N) is 2. The SMILES string of the molecule is CCOC(=O)N(C)CC#CCN1CCCC1. The van der Waals surface area contributed by atoms with Crippen LogP contribution in [0.3, 0.4) is 0 Å². The van der Waals surface area contributed by atoms with Gasteiger partial charge in [0.1, 0.15) is 0 Å². The van der Waals surface area contributed by atoms with E-state index in [2.05, 4.69) is 16.7 Å². The Kier molecular flexibility index (Phi) is 5.73. The van der Waals surface area contributed by atoms with Crippen molar-refractivity contribution in [2.75, 3.05) is 39.8 Å². The average molecular weight is 224 g/mol. The highest BCUT2D eigenvalue weighted by Crippen LogP contribution is 2.05. The van der Waals surface area contributed by atoms with E-state index in [0.717, 1.165) is 19.6 Å². The second-order valence-corrected chi connectivity index (χ2v) is 3.89. The van der Waals surface area contributed by atoms with E-state index in [1.54, 1.807) is 14.0 Å². The molecular weight excluding hydrogens is 204 g/mol. The molecule has 4 heteroatoms. The predicted octanol–water partition coefficient (Wildman–Crippen LogP) is 1.17. The Morgan fingerprint density at radius 3 is 2.69 bits per heavy atom. The molecule has 0 aromatic rings. The molecule has 0 aromatic carbocycles. The van der Waals surface area contributed by atoms with Crippen molar-refractivity contribution in [1.82, 2.24) is 9.80 Å². The van der Waals surface area contributed by atoms with Gasteiger partial charge in [0.2, 0.25) is 0 Å². The molecule has 1 heterocycles. The van der Waals surface area contributed by atoms with Gasteiger partial charge in [-0.1, -0.05) is 11.8 Å². The van der Waals surface area contributed by atoms with Crippen molar-refractivity contribution in [2.24, 2.45) is 0 Å². The summed E-state index contributed by atoms with van der Waals surface area (Å²) >= 11 is 0. The molecule has 16 heavy (non-hydrogen) atoms. The summed E-state index contributed by atoms with van der Waals surface area (Å²) in [6.45, 7) is 5.77. The second kappa shape index (κ2) is 7.13. The summed E-state index contributed by atoms with van der Waals surface area (Å²) in [4.78, 5) is 15.0. The monoisotopic (exact) mass is 224 g/mol. The lowest BCUT2D eigenvalue weighted by molar-refractivity contribution is 0.120.